The summed E-state index contributed by atoms with van der Waals surface area (Å²) < 4.78 is 1.99. The molecule has 1 saturated heterocycles. The number of carbonyl (C=O) groups is 1. The zero-order chi connectivity index (χ0) is 16.6. The second kappa shape index (κ2) is 5.68. The first kappa shape index (κ1) is 15.5. The van der Waals surface area contributed by atoms with Crippen LogP contribution in [0.2, 0.25) is 0 Å². The molecule has 23 heavy (non-hydrogen) atoms. The summed E-state index contributed by atoms with van der Waals surface area (Å²) in [5.74, 6) is 1.77. The molecule has 0 aliphatic carbocycles. The normalized spacial score (nSPS) is 16.1. The summed E-state index contributed by atoms with van der Waals surface area (Å²) in [6, 6.07) is 9.79. The monoisotopic (exact) mass is 313 g/mol. The molecule has 2 heterocycles. The van der Waals surface area contributed by atoms with Crippen LogP contribution in [0.25, 0.3) is 0 Å². The van der Waals surface area contributed by atoms with E-state index in [2.05, 4.69) is 31.0 Å². The summed E-state index contributed by atoms with van der Waals surface area (Å²) in [5.41, 5.74) is 0.876. The molecule has 2 aromatic rings. The van der Waals surface area contributed by atoms with Crippen LogP contribution in [-0.2, 0) is 17.3 Å². The zero-order valence-electron chi connectivity index (χ0n) is 14.2. The van der Waals surface area contributed by atoms with Crippen molar-refractivity contribution in [2.75, 3.05) is 29.4 Å². The van der Waals surface area contributed by atoms with Crippen LogP contribution in [0.5, 0.6) is 0 Å². The van der Waals surface area contributed by atoms with Crippen molar-refractivity contribution in [3.8, 4) is 0 Å². The Morgan fingerprint density at radius 2 is 1.74 bits per heavy atom. The first-order chi connectivity index (χ1) is 10.9. The van der Waals surface area contributed by atoms with E-state index in [1.165, 1.54) is 0 Å². The molecule has 0 bridgehead atoms. The molecular formula is C17H23N5O. The number of hydrogen-bond acceptors (Lipinski definition) is 4. The molecule has 122 valence electrons. The van der Waals surface area contributed by atoms with Gasteiger partial charge in [0.25, 0.3) is 0 Å². The molecular weight excluding hydrogens is 290 g/mol. The molecule has 0 N–H and O–H groups in total. The fourth-order valence-corrected chi connectivity index (χ4v) is 2.97. The second-order valence-corrected chi connectivity index (χ2v) is 6.94. The molecule has 0 spiro atoms. The topological polar surface area (TPSA) is 54.3 Å². The molecule has 1 aromatic carbocycles. The second-order valence-electron chi connectivity index (χ2n) is 6.94. The van der Waals surface area contributed by atoms with Crippen molar-refractivity contribution < 1.29 is 4.79 Å². The number of amides is 1. The molecule has 6 nitrogen and oxygen atoms in total. The van der Waals surface area contributed by atoms with Gasteiger partial charge in [-0.15, -0.1) is 10.2 Å². The number of nitrogens with zero attached hydrogens (tertiary/aromatic N) is 5. The number of anilines is 2. The van der Waals surface area contributed by atoms with E-state index in [0.717, 1.165) is 24.0 Å². The van der Waals surface area contributed by atoms with Gasteiger partial charge in [-0.05, 0) is 12.1 Å². The number of benzene rings is 1. The third kappa shape index (κ3) is 2.93. The van der Waals surface area contributed by atoms with Crippen molar-refractivity contribution in [3.63, 3.8) is 0 Å². The van der Waals surface area contributed by atoms with Crippen LogP contribution < -0.4 is 9.80 Å². The molecule has 0 unspecified atom stereocenters. The van der Waals surface area contributed by atoms with Gasteiger partial charge in [-0.3, -0.25) is 9.36 Å². The quantitative estimate of drug-likeness (QED) is 0.850. The van der Waals surface area contributed by atoms with E-state index >= 15 is 0 Å². The summed E-state index contributed by atoms with van der Waals surface area (Å²) >= 11 is 0. The molecule has 0 saturated carbocycles. The minimum atomic E-state index is -0.0735. The van der Waals surface area contributed by atoms with Crippen molar-refractivity contribution in [1.82, 2.24) is 14.8 Å². The maximum Gasteiger partial charge on any atom is 0.246 e. The van der Waals surface area contributed by atoms with E-state index in [1.54, 1.807) is 0 Å². The maximum atomic E-state index is 12.5. The van der Waals surface area contributed by atoms with Gasteiger partial charge in [0.2, 0.25) is 11.9 Å². The Hall–Kier alpha value is -2.37. The SMILES string of the molecule is Cn1c(N2CCN(c3ccccc3)C(=O)C2)nnc1C(C)(C)C. The Kier molecular flexibility index (Phi) is 3.83. The highest BCUT2D eigenvalue weighted by molar-refractivity contribution is 5.97. The van der Waals surface area contributed by atoms with Crippen LogP contribution in [0.15, 0.2) is 30.3 Å². The largest absolute Gasteiger partial charge is 0.330 e. The Balaban J connectivity index is 1.79. The van der Waals surface area contributed by atoms with Crippen LogP contribution in [0.1, 0.15) is 26.6 Å². The highest BCUT2D eigenvalue weighted by Crippen LogP contribution is 2.25. The molecule has 0 atom stereocenters. The highest BCUT2D eigenvalue weighted by atomic mass is 16.2. The summed E-state index contributed by atoms with van der Waals surface area (Å²) in [5, 5.41) is 8.62. The smallest absolute Gasteiger partial charge is 0.246 e. The van der Waals surface area contributed by atoms with Gasteiger partial charge in [-0.1, -0.05) is 39.0 Å². The summed E-state index contributed by atoms with van der Waals surface area (Å²) in [4.78, 5) is 16.4. The lowest BCUT2D eigenvalue weighted by Gasteiger charge is -2.34. The fourth-order valence-electron chi connectivity index (χ4n) is 2.97. The zero-order valence-corrected chi connectivity index (χ0v) is 14.2. The lowest BCUT2D eigenvalue weighted by Crippen LogP contribution is -2.51. The summed E-state index contributed by atoms with van der Waals surface area (Å²) in [6.45, 7) is 8.06. The Morgan fingerprint density at radius 3 is 2.30 bits per heavy atom. The standard InChI is InChI=1S/C17H23N5O/c1-17(2,3)15-18-19-16(20(15)4)21-10-11-22(14(23)12-21)13-8-6-5-7-9-13/h5-9H,10-12H2,1-4H3. The van der Waals surface area contributed by atoms with Crippen molar-refractivity contribution in [3.05, 3.63) is 36.2 Å². The Labute approximate surface area is 136 Å². The van der Waals surface area contributed by atoms with Crippen LogP contribution in [0.3, 0.4) is 0 Å². The highest BCUT2D eigenvalue weighted by Gasteiger charge is 2.30. The lowest BCUT2D eigenvalue weighted by atomic mass is 9.96. The summed E-state index contributed by atoms with van der Waals surface area (Å²) in [6.07, 6.45) is 0. The molecule has 6 heteroatoms. The van der Waals surface area contributed by atoms with E-state index < -0.39 is 0 Å². The molecule has 1 aliphatic rings. The molecule has 1 amide bonds. The van der Waals surface area contributed by atoms with E-state index in [0.29, 0.717) is 13.1 Å². The van der Waals surface area contributed by atoms with E-state index in [-0.39, 0.29) is 11.3 Å². The summed E-state index contributed by atoms with van der Waals surface area (Å²) in [7, 11) is 1.96. The van der Waals surface area contributed by atoms with E-state index in [4.69, 9.17) is 0 Å². The number of rotatable bonds is 2. The number of carbonyl (C=O) groups excluding carboxylic acids is 1. The van der Waals surface area contributed by atoms with Crippen LogP contribution in [0.4, 0.5) is 11.6 Å². The number of aromatic nitrogens is 3. The van der Waals surface area contributed by atoms with Gasteiger partial charge in [0.1, 0.15) is 12.4 Å². The van der Waals surface area contributed by atoms with Gasteiger partial charge >= 0.3 is 0 Å². The van der Waals surface area contributed by atoms with Gasteiger partial charge in [-0.25, -0.2) is 0 Å². The lowest BCUT2D eigenvalue weighted by molar-refractivity contribution is -0.117. The van der Waals surface area contributed by atoms with Crippen molar-refractivity contribution in [2.24, 2.45) is 7.05 Å². The Bertz CT molecular complexity index is 702. The fraction of sp³-hybridized carbons (Fsp3) is 0.471. The minimum Gasteiger partial charge on any atom is -0.330 e. The van der Waals surface area contributed by atoms with Crippen molar-refractivity contribution in [1.29, 1.82) is 0 Å². The van der Waals surface area contributed by atoms with Gasteiger partial charge in [0.05, 0.1) is 0 Å². The minimum absolute atomic E-state index is 0.0735. The number of piperazine rings is 1. The van der Waals surface area contributed by atoms with Gasteiger partial charge in [0.15, 0.2) is 0 Å². The molecule has 0 radical (unpaired) electrons. The molecule has 3 rings (SSSR count). The average molecular weight is 313 g/mol. The van der Waals surface area contributed by atoms with Crippen LogP contribution in [0, 0.1) is 0 Å². The van der Waals surface area contributed by atoms with Crippen molar-refractivity contribution >= 4 is 17.5 Å². The molecule has 1 aliphatic heterocycles. The van der Waals surface area contributed by atoms with Gasteiger partial charge in [0, 0.05) is 31.2 Å². The van der Waals surface area contributed by atoms with Crippen molar-refractivity contribution in [2.45, 2.75) is 26.2 Å². The third-order valence-corrected chi connectivity index (χ3v) is 4.09. The first-order valence-corrected chi connectivity index (χ1v) is 7.88. The van der Waals surface area contributed by atoms with E-state index in [1.807, 2.05) is 51.7 Å². The molecule has 1 fully saturated rings. The first-order valence-electron chi connectivity index (χ1n) is 7.88. The van der Waals surface area contributed by atoms with Gasteiger partial charge < -0.3 is 9.80 Å². The predicted octanol–water partition coefficient (Wildman–Crippen LogP) is 1.97. The van der Waals surface area contributed by atoms with Crippen LogP contribution in [-0.4, -0.2) is 40.3 Å². The van der Waals surface area contributed by atoms with Gasteiger partial charge in [-0.2, -0.15) is 0 Å². The van der Waals surface area contributed by atoms with Crippen LogP contribution >= 0.6 is 0 Å². The number of hydrogen-bond donors (Lipinski definition) is 0. The molecule has 1 aromatic heterocycles. The Morgan fingerprint density at radius 1 is 1.04 bits per heavy atom. The van der Waals surface area contributed by atoms with E-state index in [9.17, 15) is 4.79 Å². The maximum absolute atomic E-state index is 12.5. The third-order valence-electron chi connectivity index (χ3n) is 4.09. The predicted molar refractivity (Wildman–Crippen MR) is 90.7 cm³/mol. The average Bonchev–Trinajstić information content (AvgIpc) is 2.90. The number of para-hydroxylation sites is 1.